The molecule has 79 valence electrons. The van der Waals surface area contributed by atoms with E-state index in [9.17, 15) is 0 Å². The molecule has 0 fully saturated rings. The average Bonchev–Trinajstić information content (AvgIpc) is 2.16. The van der Waals surface area contributed by atoms with Crippen molar-refractivity contribution in [2.75, 3.05) is 6.54 Å². The molecule has 0 rings (SSSR count). The van der Waals surface area contributed by atoms with E-state index >= 15 is 0 Å². The number of rotatable bonds is 9. The third-order valence-electron chi connectivity index (χ3n) is 2.10. The first-order chi connectivity index (χ1) is 6.41. The van der Waals surface area contributed by atoms with Crippen molar-refractivity contribution in [2.24, 2.45) is 4.99 Å². The van der Waals surface area contributed by atoms with Gasteiger partial charge in [0, 0.05) is 6.54 Å². The molecule has 14 heavy (non-hydrogen) atoms. The minimum atomic E-state index is 0. The van der Waals surface area contributed by atoms with Gasteiger partial charge in [0.2, 0.25) is 0 Å². The molecular weight excluding hydrogens is 165 g/mol. The monoisotopic (exact) mass is 190 g/mol. The molecule has 0 aromatic heterocycles. The van der Waals surface area contributed by atoms with Gasteiger partial charge in [0.1, 0.15) is 0 Å². The predicted molar refractivity (Wildman–Crippen MR) is 68.5 cm³/mol. The van der Waals surface area contributed by atoms with Crippen molar-refractivity contribution in [3.05, 3.63) is 6.92 Å². The van der Waals surface area contributed by atoms with Gasteiger partial charge in [0.25, 0.3) is 0 Å². The number of aliphatic imine (C=N–C) groups is 1. The summed E-state index contributed by atoms with van der Waals surface area (Å²) in [5.74, 6) is 0. The van der Waals surface area contributed by atoms with E-state index in [1.807, 2.05) is 0 Å². The van der Waals surface area contributed by atoms with Gasteiger partial charge in [0.15, 0.2) is 0 Å². The van der Waals surface area contributed by atoms with Crippen molar-refractivity contribution < 1.29 is 0 Å². The number of hydrogen-bond donors (Lipinski definition) is 0. The zero-order valence-corrected chi connectivity index (χ0v) is 9.10. The zero-order valence-electron chi connectivity index (χ0n) is 9.10. The summed E-state index contributed by atoms with van der Waals surface area (Å²) < 4.78 is 0. The van der Waals surface area contributed by atoms with E-state index in [0.717, 1.165) is 19.4 Å². The minimum absolute atomic E-state index is 0. The summed E-state index contributed by atoms with van der Waals surface area (Å²) in [7, 11) is 0. The molecule has 1 nitrogen and oxygen atoms in total. The molecular formula is C12H25LiN. The molecule has 0 saturated carbocycles. The van der Waals surface area contributed by atoms with Gasteiger partial charge in [-0.15, -0.1) is 0 Å². The first kappa shape index (κ1) is 16.7. The molecule has 0 aliphatic rings. The Kier molecular flexibility index (Phi) is 18.7. The Labute approximate surface area is 102 Å². The Morgan fingerprint density at radius 1 is 1.07 bits per heavy atom. The van der Waals surface area contributed by atoms with Crippen molar-refractivity contribution in [2.45, 2.75) is 58.3 Å². The SMILES string of the molecule is [CH2]CCCCC=NCCCCCC.[LiH]. The van der Waals surface area contributed by atoms with Gasteiger partial charge in [-0.1, -0.05) is 46.0 Å². The summed E-state index contributed by atoms with van der Waals surface area (Å²) in [6.45, 7) is 7.08. The maximum atomic E-state index is 4.37. The van der Waals surface area contributed by atoms with E-state index in [0.29, 0.717) is 0 Å². The fourth-order valence-corrected chi connectivity index (χ4v) is 1.22. The Morgan fingerprint density at radius 2 is 1.86 bits per heavy atom. The van der Waals surface area contributed by atoms with Crippen LogP contribution in [-0.2, 0) is 0 Å². The molecule has 1 radical (unpaired) electrons. The number of nitrogens with zero attached hydrogens (tertiary/aromatic N) is 1. The predicted octanol–water partition coefficient (Wildman–Crippen LogP) is 3.38. The first-order valence-corrected chi connectivity index (χ1v) is 5.69. The summed E-state index contributed by atoms with van der Waals surface area (Å²) in [5, 5.41) is 0. The maximum absolute atomic E-state index is 4.37. The molecule has 0 atom stereocenters. The van der Waals surface area contributed by atoms with Crippen LogP contribution in [-0.4, -0.2) is 31.6 Å². The fraction of sp³-hybridized carbons (Fsp3) is 0.833. The van der Waals surface area contributed by atoms with Crippen LogP contribution in [0.3, 0.4) is 0 Å². The third-order valence-corrected chi connectivity index (χ3v) is 2.10. The van der Waals surface area contributed by atoms with Gasteiger partial charge < -0.3 is 0 Å². The molecule has 0 amide bonds. The molecule has 0 aliphatic carbocycles. The van der Waals surface area contributed by atoms with Crippen LogP contribution in [0.25, 0.3) is 0 Å². The molecule has 0 bridgehead atoms. The first-order valence-electron chi connectivity index (χ1n) is 5.69. The van der Waals surface area contributed by atoms with Crippen LogP contribution in [0.4, 0.5) is 0 Å². The standard InChI is InChI=1S/C12H24N.Li.H/c1-3-5-7-9-11-13-12-10-8-6-4-2;;/h11H,1,3-10,12H2,2H3;;. The molecule has 0 aromatic carbocycles. The topological polar surface area (TPSA) is 12.4 Å². The van der Waals surface area contributed by atoms with Crippen LogP contribution in [0.1, 0.15) is 58.3 Å². The van der Waals surface area contributed by atoms with Crippen molar-refractivity contribution in [1.82, 2.24) is 0 Å². The second kappa shape index (κ2) is 15.7. The van der Waals surface area contributed by atoms with E-state index in [1.54, 1.807) is 0 Å². The molecule has 0 aromatic rings. The van der Waals surface area contributed by atoms with Crippen LogP contribution in [0.5, 0.6) is 0 Å². The van der Waals surface area contributed by atoms with Crippen molar-refractivity contribution in [3.8, 4) is 0 Å². The van der Waals surface area contributed by atoms with Gasteiger partial charge in [-0.3, -0.25) is 4.99 Å². The second-order valence-corrected chi connectivity index (χ2v) is 3.50. The van der Waals surface area contributed by atoms with Gasteiger partial charge in [-0.25, -0.2) is 0 Å². The summed E-state index contributed by atoms with van der Waals surface area (Å²) in [5.41, 5.74) is 0. The van der Waals surface area contributed by atoms with E-state index in [2.05, 4.69) is 25.1 Å². The molecule has 0 unspecified atom stereocenters. The third kappa shape index (κ3) is 14.8. The summed E-state index contributed by atoms with van der Waals surface area (Å²) in [6, 6.07) is 0. The average molecular weight is 190 g/mol. The zero-order chi connectivity index (χ0) is 9.78. The molecule has 0 N–H and O–H groups in total. The fourth-order valence-electron chi connectivity index (χ4n) is 1.22. The van der Waals surface area contributed by atoms with Gasteiger partial charge in [-0.05, 0) is 25.5 Å². The van der Waals surface area contributed by atoms with Crippen molar-refractivity contribution >= 4 is 25.1 Å². The number of unbranched alkanes of at least 4 members (excludes halogenated alkanes) is 6. The second-order valence-electron chi connectivity index (χ2n) is 3.50. The molecule has 0 saturated heterocycles. The molecule has 0 aliphatic heterocycles. The molecule has 0 spiro atoms. The van der Waals surface area contributed by atoms with E-state index in [-0.39, 0.29) is 18.9 Å². The Balaban J connectivity index is 0. The van der Waals surface area contributed by atoms with Crippen LogP contribution >= 0.6 is 0 Å². The summed E-state index contributed by atoms with van der Waals surface area (Å²) in [6.07, 6.45) is 12.1. The van der Waals surface area contributed by atoms with Crippen LogP contribution in [0, 0.1) is 6.92 Å². The number of hydrogen-bond acceptors (Lipinski definition) is 1. The summed E-state index contributed by atoms with van der Waals surface area (Å²) in [4.78, 5) is 4.37. The Morgan fingerprint density at radius 3 is 2.50 bits per heavy atom. The van der Waals surface area contributed by atoms with Crippen molar-refractivity contribution in [1.29, 1.82) is 0 Å². The van der Waals surface area contributed by atoms with Crippen molar-refractivity contribution in [3.63, 3.8) is 0 Å². The van der Waals surface area contributed by atoms with Gasteiger partial charge >= 0.3 is 18.9 Å². The quantitative estimate of drug-likeness (QED) is 0.300. The Hall–Kier alpha value is 0.267. The molecule has 2 heteroatoms. The summed E-state index contributed by atoms with van der Waals surface area (Å²) >= 11 is 0. The van der Waals surface area contributed by atoms with Gasteiger partial charge in [0.05, 0.1) is 0 Å². The van der Waals surface area contributed by atoms with E-state index in [4.69, 9.17) is 0 Å². The van der Waals surface area contributed by atoms with E-state index in [1.165, 1.54) is 38.5 Å². The Bertz CT molecular complexity index is 113. The van der Waals surface area contributed by atoms with Crippen LogP contribution < -0.4 is 0 Å². The molecule has 0 heterocycles. The van der Waals surface area contributed by atoms with Crippen LogP contribution in [0.15, 0.2) is 4.99 Å². The van der Waals surface area contributed by atoms with E-state index < -0.39 is 0 Å². The normalized spacial score (nSPS) is 10.4. The van der Waals surface area contributed by atoms with Crippen LogP contribution in [0.2, 0.25) is 0 Å². The van der Waals surface area contributed by atoms with Gasteiger partial charge in [-0.2, -0.15) is 0 Å².